The van der Waals surface area contributed by atoms with Crippen LogP contribution in [0.5, 0.6) is 5.75 Å². The Morgan fingerprint density at radius 1 is 1.10 bits per heavy atom. The lowest BCUT2D eigenvalue weighted by atomic mass is 9.85. The van der Waals surface area contributed by atoms with Gasteiger partial charge in [0.15, 0.2) is 0 Å². The molecule has 2 aliphatic heterocycles. The van der Waals surface area contributed by atoms with Gasteiger partial charge in [0.25, 0.3) is 0 Å². The van der Waals surface area contributed by atoms with E-state index in [1.807, 2.05) is 43.3 Å². The number of rotatable bonds is 4. The molecule has 4 rings (SSSR count). The van der Waals surface area contributed by atoms with E-state index in [0.717, 1.165) is 28.0 Å². The summed E-state index contributed by atoms with van der Waals surface area (Å²) in [7, 11) is 1.62. The van der Waals surface area contributed by atoms with Crippen LogP contribution in [0.25, 0.3) is 0 Å². The standard InChI is InChI=1S/C22H26O7/c1-12-7-15-11-28-22(21(26)20(25)19(24)18(10-23)29-22)17(15)9-14(12)8-13-3-5-16(27-2)6-4-13/h3-7,9,18-21,23-26H,8,10-11H2,1-2H3/t18-,19-,20+,21-,22+/m1/s1. The Kier molecular flexibility index (Phi) is 5.37. The van der Waals surface area contributed by atoms with E-state index in [1.165, 1.54) is 0 Å². The van der Waals surface area contributed by atoms with Crippen LogP contribution in [-0.4, -0.2) is 58.6 Å². The quantitative estimate of drug-likeness (QED) is 0.598. The smallest absolute Gasteiger partial charge is 0.225 e. The maximum atomic E-state index is 10.7. The molecule has 1 fully saturated rings. The maximum Gasteiger partial charge on any atom is 0.225 e. The summed E-state index contributed by atoms with van der Waals surface area (Å²) in [4.78, 5) is 0. The third-order valence-electron chi connectivity index (χ3n) is 5.88. The van der Waals surface area contributed by atoms with E-state index in [-0.39, 0.29) is 6.61 Å². The highest BCUT2D eigenvalue weighted by molar-refractivity contribution is 5.45. The van der Waals surface area contributed by atoms with Crippen molar-refractivity contribution in [1.29, 1.82) is 0 Å². The topological polar surface area (TPSA) is 109 Å². The van der Waals surface area contributed by atoms with Crippen LogP contribution < -0.4 is 4.74 Å². The lowest BCUT2D eigenvalue weighted by Crippen LogP contribution is -2.63. The van der Waals surface area contributed by atoms with Crippen LogP contribution in [0.4, 0.5) is 0 Å². The van der Waals surface area contributed by atoms with Crippen molar-refractivity contribution in [3.8, 4) is 5.75 Å². The van der Waals surface area contributed by atoms with Gasteiger partial charge in [-0.1, -0.05) is 18.2 Å². The normalized spacial score (nSPS) is 31.1. The summed E-state index contributed by atoms with van der Waals surface area (Å²) in [5.74, 6) is -0.836. The second-order valence-electron chi connectivity index (χ2n) is 7.68. The third kappa shape index (κ3) is 3.34. The fourth-order valence-corrected chi connectivity index (χ4v) is 4.16. The van der Waals surface area contributed by atoms with E-state index < -0.39 is 36.8 Å². The summed E-state index contributed by atoms with van der Waals surface area (Å²) in [6, 6.07) is 11.7. The van der Waals surface area contributed by atoms with E-state index in [9.17, 15) is 20.4 Å². The first kappa shape index (κ1) is 20.3. The number of aliphatic hydroxyl groups excluding tert-OH is 4. The van der Waals surface area contributed by atoms with E-state index in [2.05, 4.69) is 0 Å². The molecule has 1 saturated heterocycles. The second kappa shape index (κ2) is 7.68. The lowest BCUT2D eigenvalue weighted by molar-refractivity contribution is -0.368. The molecule has 29 heavy (non-hydrogen) atoms. The number of aliphatic hydroxyl groups is 4. The zero-order valence-corrected chi connectivity index (χ0v) is 16.4. The zero-order valence-electron chi connectivity index (χ0n) is 16.4. The van der Waals surface area contributed by atoms with Gasteiger partial charge in [-0.15, -0.1) is 0 Å². The van der Waals surface area contributed by atoms with Gasteiger partial charge in [-0.25, -0.2) is 0 Å². The Hall–Kier alpha value is -2.00. The molecule has 7 nitrogen and oxygen atoms in total. The van der Waals surface area contributed by atoms with Gasteiger partial charge >= 0.3 is 0 Å². The minimum atomic E-state index is -1.62. The molecule has 2 aromatic rings. The van der Waals surface area contributed by atoms with Gasteiger partial charge in [-0.05, 0) is 53.8 Å². The average molecular weight is 402 g/mol. The van der Waals surface area contributed by atoms with E-state index in [0.29, 0.717) is 12.0 Å². The van der Waals surface area contributed by atoms with Crippen molar-refractivity contribution in [1.82, 2.24) is 0 Å². The Balaban J connectivity index is 1.71. The van der Waals surface area contributed by atoms with Crippen molar-refractivity contribution < 1.29 is 34.6 Å². The first-order chi connectivity index (χ1) is 13.9. The predicted molar refractivity (Wildman–Crippen MR) is 103 cm³/mol. The summed E-state index contributed by atoms with van der Waals surface area (Å²) in [6.07, 6.45) is -4.80. The monoisotopic (exact) mass is 402 g/mol. The molecule has 0 aromatic heterocycles. The van der Waals surface area contributed by atoms with Gasteiger partial charge in [-0.2, -0.15) is 0 Å². The third-order valence-corrected chi connectivity index (χ3v) is 5.88. The zero-order chi connectivity index (χ0) is 20.8. The fraction of sp³-hybridized carbons (Fsp3) is 0.455. The van der Waals surface area contributed by atoms with Gasteiger partial charge in [0, 0.05) is 5.56 Å². The Morgan fingerprint density at radius 2 is 1.83 bits per heavy atom. The van der Waals surface area contributed by atoms with Gasteiger partial charge in [0.05, 0.1) is 20.3 Å². The largest absolute Gasteiger partial charge is 0.497 e. The van der Waals surface area contributed by atoms with Crippen LogP contribution in [0, 0.1) is 6.92 Å². The number of ether oxygens (including phenoxy) is 3. The summed E-state index contributed by atoms with van der Waals surface area (Å²) >= 11 is 0. The van der Waals surface area contributed by atoms with Crippen LogP contribution in [0.15, 0.2) is 36.4 Å². The molecule has 2 aromatic carbocycles. The number of methoxy groups -OCH3 is 1. The summed E-state index contributed by atoms with van der Waals surface area (Å²) in [5, 5.41) is 40.7. The highest BCUT2D eigenvalue weighted by Gasteiger charge is 2.58. The van der Waals surface area contributed by atoms with Crippen molar-refractivity contribution in [3.63, 3.8) is 0 Å². The molecular formula is C22H26O7. The number of hydrogen-bond acceptors (Lipinski definition) is 7. The van der Waals surface area contributed by atoms with E-state index >= 15 is 0 Å². The Bertz CT molecular complexity index is 879. The van der Waals surface area contributed by atoms with Crippen LogP contribution in [0.3, 0.4) is 0 Å². The van der Waals surface area contributed by atoms with Gasteiger partial charge in [0.1, 0.15) is 30.2 Å². The molecule has 2 aliphatic rings. The molecule has 0 unspecified atom stereocenters. The van der Waals surface area contributed by atoms with Crippen LogP contribution in [0.2, 0.25) is 0 Å². The lowest BCUT2D eigenvalue weighted by Gasteiger charge is -2.46. The molecule has 7 heteroatoms. The van der Waals surface area contributed by atoms with Crippen LogP contribution in [-0.2, 0) is 28.3 Å². The first-order valence-corrected chi connectivity index (χ1v) is 9.62. The molecule has 5 atom stereocenters. The molecule has 0 amide bonds. The summed E-state index contributed by atoms with van der Waals surface area (Å²) < 4.78 is 16.9. The average Bonchev–Trinajstić information content (AvgIpc) is 3.08. The van der Waals surface area contributed by atoms with Gasteiger partial charge in [-0.3, -0.25) is 0 Å². The SMILES string of the molecule is COc1ccc(Cc2cc3c(cc2C)CO[C@]32O[C@H](CO)[C@@H](O)[C@H](O)[C@H]2O)cc1. The minimum Gasteiger partial charge on any atom is -0.497 e. The van der Waals surface area contributed by atoms with Gasteiger partial charge in [0.2, 0.25) is 5.79 Å². The van der Waals surface area contributed by atoms with Crippen LogP contribution in [0.1, 0.15) is 27.8 Å². The van der Waals surface area contributed by atoms with Crippen molar-refractivity contribution in [3.05, 3.63) is 64.2 Å². The Morgan fingerprint density at radius 3 is 2.48 bits per heavy atom. The highest BCUT2D eigenvalue weighted by atomic mass is 16.7. The molecule has 0 bridgehead atoms. The second-order valence-corrected chi connectivity index (χ2v) is 7.68. The number of hydrogen-bond donors (Lipinski definition) is 4. The summed E-state index contributed by atoms with van der Waals surface area (Å²) in [6.45, 7) is 1.71. The molecule has 0 saturated carbocycles. The molecule has 1 spiro atoms. The molecule has 156 valence electrons. The number of benzene rings is 2. The Labute approximate surface area is 169 Å². The molecule has 0 radical (unpaired) electrons. The minimum absolute atomic E-state index is 0.205. The maximum absolute atomic E-state index is 10.7. The van der Waals surface area contributed by atoms with Crippen molar-refractivity contribution in [2.75, 3.05) is 13.7 Å². The van der Waals surface area contributed by atoms with E-state index in [4.69, 9.17) is 14.2 Å². The first-order valence-electron chi connectivity index (χ1n) is 9.62. The van der Waals surface area contributed by atoms with E-state index in [1.54, 1.807) is 7.11 Å². The van der Waals surface area contributed by atoms with Gasteiger partial charge < -0.3 is 34.6 Å². The molecule has 2 heterocycles. The van der Waals surface area contributed by atoms with Crippen molar-refractivity contribution in [2.24, 2.45) is 0 Å². The number of aryl methyl sites for hydroxylation is 1. The summed E-state index contributed by atoms with van der Waals surface area (Å²) in [5.41, 5.74) is 4.65. The molecular weight excluding hydrogens is 376 g/mol. The van der Waals surface area contributed by atoms with Crippen molar-refractivity contribution >= 4 is 0 Å². The number of fused-ring (bicyclic) bond motifs is 2. The van der Waals surface area contributed by atoms with Crippen LogP contribution >= 0.6 is 0 Å². The molecule has 0 aliphatic carbocycles. The predicted octanol–water partition coefficient (Wildman–Crippen LogP) is 0.751. The highest BCUT2D eigenvalue weighted by Crippen LogP contribution is 2.46. The molecule has 4 N–H and O–H groups in total. The van der Waals surface area contributed by atoms with Crippen molar-refractivity contribution in [2.45, 2.75) is 50.2 Å². The fourth-order valence-electron chi connectivity index (χ4n) is 4.16.